The molecular weight excluding hydrogens is 300 g/mol. The number of amides is 1. The van der Waals surface area contributed by atoms with Gasteiger partial charge >= 0.3 is 0 Å². The Balaban J connectivity index is 1.70. The standard InChI is InChI=1S/C15H20N4O2S/c1-16-7-8-17-12(20)6-5-11-18-14(21)13-9-3-2-4-10(9)22-15(13)19-11/h16H,2-8H2,1H3,(H,17,20)(H,18,19,21). The molecule has 2 heterocycles. The van der Waals surface area contributed by atoms with Crippen LogP contribution in [0.3, 0.4) is 0 Å². The van der Waals surface area contributed by atoms with Crippen molar-refractivity contribution in [1.82, 2.24) is 20.6 Å². The molecule has 0 saturated heterocycles. The number of nitrogens with zero attached hydrogens (tertiary/aromatic N) is 1. The normalized spacial score (nSPS) is 13.5. The minimum atomic E-state index is -0.0602. The van der Waals surface area contributed by atoms with Crippen molar-refractivity contribution < 1.29 is 4.79 Å². The van der Waals surface area contributed by atoms with Crippen molar-refractivity contribution in [2.45, 2.75) is 32.1 Å². The van der Waals surface area contributed by atoms with Gasteiger partial charge in [-0.2, -0.15) is 0 Å². The van der Waals surface area contributed by atoms with Crippen LogP contribution in [0, 0.1) is 0 Å². The van der Waals surface area contributed by atoms with E-state index in [1.807, 2.05) is 7.05 Å². The van der Waals surface area contributed by atoms with Crippen LogP contribution in [0.5, 0.6) is 0 Å². The topological polar surface area (TPSA) is 86.9 Å². The van der Waals surface area contributed by atoms with Crippen molar-refractivity contribution in [2.24, 2.45) is 0 Å². The number of H-pyrrole nitrogens is 1. The molecule has 0 fully saturated rings. The van der Waals surface area contributed by atoms with E-state index in [1.165, 1.54) is 10.4 Å². The van der Waals surface area contributed by atoms with Gasteiger partial charge in [0.25, 0.3) is 5.56 Å². The number of likely N-dealkylation sites (N-methyl/N-ethyl adjacent to an activating group) is 1. The number of thiophene rings is 1. The third-order valence-electron chi connectivity index (χ3n) is 3.91. The Kier molecular flexibility index (Phi) is 4.54. The molecule has 1 amide bonds. The van der Waals surface area contributed by atoms with Gasteiger partial charge in [0.2, 0.25) is 5.91 Å². The van der Waals surface area contributed by atoms with E-state index in [0.29, 0.717) is 25.2 Å². The molecule has 1 aliphatic carbocycles. The quantitative estimate of drug-likeness (QED) is 0.685. The summed E-state index contributed by atoms with van der Waals surface area (Å²) in [5, 5.41) is 6.55. The third kappa shape index (κ3) is 3.05. The van der Waals surface area contributed by atoms with Gasteiger partial charge in [-0.3, -0.25) is 9.59 Å². The third-order valence-corrected chi connectivity index (χ3v) is 5.10. The first kappa shape index (κ1) is 15.2. The zero-order chi connectivity index (χ0) is 15.5. The van der Waals surface area contributed by atoms with Crippen LogP contribution < -0.4 is 16.2 Å². The molecule has 2 aromatic rings. The molecule has 118 valence electrons. The van der Waals surface area contributed by atoms with Gasteiger partial charge in [-0.25, -0.2) is 4.98 Å². The van der Waals surface area contributed by atoms with Gasteiger partial charge in [0.05, 0.1) is 5.39 Å². The molecule has 0 aromatic carbocycles. The Hall–Kier alpha value is -1.73. The Labute approximate surface area is 132 Å². The van der Waals surface area contributed by atoms with E-state index in [2.05, 4.69) is 20.6 Å². The molecule has 0 aliphatic heterocycles. The van der Waals surface area contributed by atoms with E-state index in [9.17, 15) is 9.59 Å². The maximum Gasteiger partial charge on any atom is 0.259 e. The number of fused-ring (bicyclic) bond motifs is 3. The molecule has 2 aromatic heterocycles. The number of carbonyl (C=O) groups is 1. The number of aryl methyl sites for hydroxylation is 3. The minimum absolute atomic E-state index is 0.0216. The number of aromatic nitrogens is 2. The number of hydrogen-bond acceptors (Lipinski definition) is 5. The van der Waals surface area contributed by atoms with Gasteiger partial charge in [0, 0.05) is 30.8 Å². The second-order valence-electron chi connectivity index (χ2n) is 5.50. The van der Waals surface area contributed by atoms with Crippen LogP contribution in [-0.4, -0.2) is 36.0 Å². The summed E-state index contributed by atoms with van der Waals surface area (Å²) in [5.74, 6) is 0.577. The summed E-state index contributed by atoms with van der Waals surface area (Å²) in [5.41, 5.74) is 1.13. The lowest BCUT2D eigenvalue weighted by atomic mass is 10.2. The van der Waals surface area contributed by atoms with Crippen LogP contribution in [0.25, 0.3) is 10.2 Å². The zero-order valence-corrected chi connectivity index (χ0v) is 13.4. The lowest BCUT2D eigenvalue weighted by Gasteiger charge is -2.04. The molecule has 0 unspecified atom stereocenters. The highest BCUT2D eigenvalue weighted by Gasteiger charge is 2.21. The number of nitrogens with one attached hydrogen (secondary N) is 3. The molecule has 3 N–H and O–H groups in total. The number of hydrogen-bond donors (Lipinski definition) is 3. The van der Waals surface area contributed by atoms with E-state index >= 15 is 0 Å². The number of aromatic amines is 1. The van der Waals surface area contributed by atoms with E-state index in [0.717, 1.165) is 36.0 Å². The predicted octanol–water partition coefficient (Wildman–Crippen LogP) is 0.742. The van der Waals surface area contributed by atoms with Crippen LogP contribution in [0.4, 0.5) is 0 Å². The molecule has 0 radical (unpaired) electrons. The van der Waals surface area contributed by atoms with Gasteiger partial charge in [0.15, 0.2) is 0 Å². The largest absolute Gasteiger partial charge is 0.355 e. The average Bonchev–Trinajstić information content (AvgIpc) is 3.05. The lowest BCUT2D eigenvalue weighted by molar-refractivity contribution is -0.121. The highest BCUT2D eigenvalue weighted by molar-refractivity contribution is 7.18. The molecule has 0 bridgehead atoms. The molecule has 22 heavy (non-hydrogen) atoms. The van der Waals surface area contributed by atoms with Gasteiger partial charge in [-0.1, -0.05) is 0 Å². The summed E-state index contributed by atoms with van der Waals surface area (Å²) < 4.78 is 0. The zero-order valence-electron chi connectivity index (χ0n) is 12.6. The molecule has 6 nitrogen and oxygen atoms in total. The van der Waals surface area contributed by atoms with Gasteiger partial charge in [-0.15, -0.1) is 11.3 Å². The van der Waals surface area contributed by atoms with Crippen LogP contribution in [0.2, 0.25) is 0 Å². The van der Waals surface area contributed by atoms with E-state index in [-0.39, 0.29) is 11.5 Å². The Morgan fingerprint density at radius 1 is 1.36 bits per heavy atom. The number of carbonyl (C=O) groups excluding carboxylic acids is 1. The first-order valence-corrected chi connectivity index (χ1v) is 8.45. The molecule has 0 atom stereocenters. The van der Waals surface area contributed by atoms with Crippen molar-refractivity contribution in [3.8, 4) is 0 Å². The van der Waals surface area contributed by atoms with Crippen LogP contribution in [0.15, 0.2) is 4.79 Å². The minimum Gasteiger partial charge on any atom is -0.355 e. The first-order valence-electron chi connectivity index (χ1n) is 7.64. The van der Waals surface area contributed by atoms with Gasteiger partial charge < -0.3 is 15.6 Å². The average molecular weight is 320 g/mol. The number of rotatable bonds is 6. The fourth-order valence-electron chi connectivity index (χ4n) is 2.81. The predicted molar refractivity (Wildman–Crippen MR) is 87.5 cm³/mol. The Bertz CT molecular complexity index is 750. The lowest BCUT2D eigenvalue weighted by Crippen LogP contribution is -2.30. The summed E-state index contributed by atoms with van der Waals surface area (Å²) in [6, 6.07) is 0. The van der Waals surface area contributed by atoms with Crippen molar-refractivity contribution >= 4 is 27.5 Å². The van der Waals surface area contributed by atoms with Crippen molar-refractivity contribution in [3.05, 3.63) is 26.6 Å². The maximum absolute atomic E-state index is 12.3. The smallest absolute Gasteiger partial charge is 0.259 e. The van der Waals surface area contributed by atoms with Crippen LogP contribution in [0.1, 0.15) is 29.1 Å². The highest BCUT2D eigenvalue weighted by Crippen LogP contribution is 2.34. The van der Waals surface area contributed by atoms with Gasteiger partial charge in [-0.05, 0) is 31.9 Å². The maximum atomic E-state index is 12.3. The molecular formula is C15H20N4O2S. The summed E-state index contributed by atoms with van der Waals surface area (Å²) in [6.45, 7) is 1.35. The highest BCUT2D eigenvalue weighted by atomic mass is 32.1. The van der Waals surface area contributed by atoms with E-state index in [4.69, 9.17) is 0 Å². The fourth-order valence-corrected chi connectivity index (χ4v) is 4.09. The second-order valence-corrected chi connectivity index (χ2v) is 6.59. The Morgan fingerprint density at radius 3 is 3.05 bits per heavy atom. The van der Waals surface area contributed by atoms with Crippen molar-refractivity contribution in [2.75, 3.05) is 20.1 Å². The molecule has 3 rings (SSSR count). The monoisotopic (exact) mass is 320 g/mol. The molecule has 0 saturated carbocycles. The summed E-state index contributed by atoms with van der Waals surface area (Å²) >= 11 is 1.63. The van der Waals surface area contributed by atoms with Gasteiger partial charge in [0.1, 0.15) is 10.7 Å². The molecule has 1 aliphatic rings. The summed E-state index contributed by atoms with van der Waals surface area (Å²) in [7, 11) is 1.84. The summed E-state index contributed by atoms with van der Waals surface area (Å²) in [6.07, 6.45) is 3.96. The molecule has 0 spiro atoms. The van der Waals surface area contributed by atoms with Crippen molar-refractivity contribution in [1.29, 1.82) is 0 Å². The fraction of sp³-hybridized carbons (Fsp3) is 0.533. The summed E-state index contributed by atoms with van der Waals surface area (Å²) in [4.78, 5) is 33.5. The second kappa shape index (κ2) is 6.58. The van der Waals surface area contributed by atoms with Crippen LogP contribution in [-0.2, 0) is 24.1 Å². The SMILES string of the molecule is CNCCNC(=O)CCc1nc2sc3c(c2c(=O)[nH]1)CCC3. The van der Waals surface area contributed by atoms with Crippen molar-refractivity contribution in [3.63, 3.8) is 0 Å². The Morgan fingerprint density at radius 2 is 2.23 bits per heavy atom. The first-order chi connectivity index (χ1) is 10.7. The molecule has 7 heteroatoms. The van der Waals surface area contributed by atoms with Crippen LogP contribution >= 0.6 is 11.3 Å². The van der Waals surface area contributed by atoms with E-state index in [1.54, 1.807) is 11.3 Å². The van der Waals surface area contributed by atoms with E-state index < -0.39 is 0 Å².